The van der Waals surface area contributed by atoms with Crippen LogP contribution in [0, 0.1) is 5.41 Å². The molecule has 9 nitrogen and oxygen atoms in total. The van der Waals surface area contributed by atoms with Crippen molar-refractivity contribution in [3.05, 3.63) is 102 Å². The highest BCUT2D eigenvalue weighted by Crippen LogP contribution is 2.41. The molecule has 2 N–H and O–H groups in total. The molecule has 0 aliphatic heterocycles. The summed E-state index contributed by atoms with van der Waals surface area (Å²) in [5.74, 6) is 0.740. The summed E-state index contributed by atoms with van der Waals surface area (Å²) in [7, 11) is -3.43. The SMILES string of the molecule is CS(=O)(=O)N[C@H]1CC[C@](COC2CCC(c3cccc(OCc4ccccc4)c3)CC2)(C(=O)NCC(=O)COCc2ccccc2)C1. The second-order valence-corrected chi connectivity index (χ2v) is 14.7. The molecule has 0 heterocycles. The van der Waals surface area contributed by atoms with Crippen LogP contribution in [0.1, 0.15) is 67.6 Å². The van der Waals surface area contributed by atoms with E-state index in [2.05, 4.69) is 34.3 Å². The van der Waals surface area contributed by atoms with Gasteiger partial charge in [-0.05, 0) is 79.7 Å². The average Bonchev–Trinajstić information content (AvgIpc) is 3.49. The van der Waals surface area contributed by atoms with E-state index >= 15 is 0 Å². The lowest BCUT2D eigenvalue weighted by atomic mass is 9.82. The number of Topliss-reactive ketones (excluding diaryl/α,β-unsaturated/α-hetero) is 1. The first-order valence-corrected chi connectivity index (χ1v) is 18.3. The molecule has 0 spiro atoms. The molecule has 2 fully saturated rings. The second kappa shape index (κ2) is 16.5. The molecule has 2 atom stereocenters. The number of ether oxygens (including phenoxy) is 3. The summed E-state index contributed by atoms with van der Waals surface area (Å²) in [6.07, 6.45) is 6.08. The Morgan fingerprint density at radius 2 is 1.53 bits per heavy atom. The second-order valence-electron chi connectivity index (χ2n) is 12.9. The van der Waals surface area contributed by atoms with E-state index in [1.807, 2.05) is 60.7 Å². The maximum Gasteiger partial charge on any atom is 0.228 e. The first kappa shape index (κ1) is 34.8. The molecule has 2 aliphatic carbocycles. The lowest BCUT2D eigenvalue weighted by Gasteiger charge is -2.33. The molecule has 5 rings (SSSR count). The molecule has 0 unspecified atom stereocenters. The number of nitrogens with one attached hydrogen (secondary N) is 2. The average molecular weight is 663 g/mol. The van der Waals surface area contributed by atoms with Crippen LogP contribution in [0.3, 0.4) is 0 Å². The Kier molecular flexibility index (Phi) is 12.2. The van der Waals surface area contributed by atoms with Crippen molar-refractivity contribution < 1.29 is 32.2 Å². The topological polar surface area (TPSA) is 120 Å². The number of rotatable bonds is 16. The van der Waals surface area contributed by atoms with E-state index < -0.39 is 15.4 Å². The van der Waals surface area contributed by atoms with E-state index in [1.165, 1.54) is 5.56 Å². The number of hydrogen-bond acceptors (Lipinski definition) is 7. The number of hydrogen-bond donors (Lipinski definition) is 2. The van der Waals surface area contributed by atoms with Gasteiger partial charge in [0.15, 0.2) is 5.78 Å². The molecule has 3 aromatic rings. The van der Waals surface area contributed by atoms with Crippen LogP contribution in [0.25, 0.3) is 0 Å². The van der Waals surface area contributed by atoms with E-state index in [-0.39, 0.29) is 43.6 Å². The summed E-state index contributed by atoms with van der Waals surface area (Å²) < 4.78 is 44.6. The zero-order valence-electron chi connectivity index (χ0n) is 27.1. The fraction of sp³-hybridized carbons (Fsp3) is 0.459. The third-order valence-corrected chi connectivity index (χ3v) is 9.90. The van der Waals surface area contributed by atoms with Crippen molar-refractivity contribution in [1.82, 2.24) is 10.0 Å². The molecule has 0 radical (unpaired) electrons. The molecule has 0 aromatic heterocycles. The van der Waals surface area contributed by atoms with Crippen LogP contribution in [-0.2, 0) is 42.3 Å². The predicted molar refractivity (Wildman–Crippen MR) is 180 cm³/mol. The molecule has 1 amide bonds. The number of sulfonamides is 1. The van der Waals surface area contributed by atoms with Crippen molar-refractivity contribution in [3.63, 3.8) is 0 Å². The number of carbonyl (C=O) groups is 2. The van der Waals surface area contributed by atoms with Gasteiger partial charge in [0.05, 0.1) is 37.5 Å². The van der Waals surface area contributed by atoms with E-state index in [9.17, 15) is 18.0 Å². The highest BCUT2D eigenvalue weighted by molar-refractivity contribution is 7.88. The Balaban J connectivity index is 1.11. The number of amides is 1. The van der Waals surface area contributed by atoms with Gasteiger partial charge >= 0.3 is 0 Å². The molecular formula is C37H46N2O7S. The summed E-state index contributed by atoms with van der Waals surface area (Å²) >= 11 is 0. The smallest absolute Gasteiger partial charge is 0.228 e. The van der Waals surface area contributed by atoms with Gasteiger partial charge in [0.25, 0.3) is 0 Å². The van der Waals surface area contributed by atoms with Crippen LogP contribution in [0.5, 0.6) is 5.75 Å². The Labute approximate surface area is 278 Å². The molecule has 10 heteroatoms. The van der Waals surface area contributed by atoms with Crippen LogP contribution in [0.4, 0.5) is 0 Å². The number of ketones is 1. The molecule has 252 valence electrons. The van der Waals surface area contributed by atoms with E-state index in [0.29, 0.717) is 38.4 Å². The maximum absolute atomic E-state index is 13.6. The van der Waals surface area contributed by atoms with Gasteiger partial charge in [0, 0.05) is 6.04 Å². The van der Waals surface area contributed by atoms with Crippen molar-refractivity contribution >= 4 is 21.7 Å². The first-order valence-electron chi connectivity index (χ1n) is 16.4. The summed E-state index contributed by atoms with van der Waals surface area (Å²) in [5.41, 5.74) is 2.43. The molecule has 0 saturated heterocycles. The van der Waals surface area contributed by atoms with Gasteiger partial charge in [0.2, 0.25) is 15.9 Å². The summed E-state index contributed by atoms with van der Waals surface area (Å²) in [5, 5.41) is 2.80. The monoisotopic (exact) mass is 662 g/mol. The van der Waals surface area contributed by atoms with Gasteiger partial charge in [-0.2, -0.15) is 0 Å². The van der Waals surface area contributed by atoms with E-state index in [1.54, 1.807) is 0 Å². The fourth-order valence-corrected chi connectivity index (χ4v) is 7.45. The zero-order chi connectivity index (χ0) is 33.1. The molecule has 2 aliphatic rings. The minimum atomic E-state index is -3.43. The fourth-order valence-electron chi connectivity index (χ4n) is 6.65. The molecule has 3 aromatic carbocycles. The number of carbonyl (C=O) groups excluding carboxylic acids is 2. The Bertz CT molecular complexity index is 1560. The van der Waals surface area contributed by atoms with Gasteiger partial charge in [-0.1, -0.05) is 72.8 Å². The van der Waals surface area contributed by atoms with E-state index in [0.717, 1.165) is 48.8 Å². The first-order chi connectivity index (χ1) is 22.7. The lowest BCUT2D eigenvalue weighted by molar-refractivity contribution is -0.138. The van der Waals surface area contributed by atoms with Crippen LogP contribution in [0.15, 0.2) is 84.9 Å². The molecular weight excluding hydrogens is 616 g/mol. The van der Waals surface area contributed by atoms with E-state index in [4.69, 9.17) is 14.2 Å². The van der Waals surface area contributed by atoms with Crippen LogP contribution >= 0.6 is 0 Å². The lowest BCUT2D eigenvalue weighted by Crippen LogP contribution is -2.46. The van der Waals surface area contributed by atoms with Crippen molar-refractivity contribution in [1.29, 1.82) is 0 Å². The third-order valence-electron chi connectivity index (χ3n) is 9.14. The van der Waals surface area contributed by atoms with Gasteiger partial charge in [-0.3, -0.25) is 9.59 Å². The van der Waals surface area contributed by atoms with Gasteiger partial charge < -0.3 is 19.5 Å². The number of benzene rings is 3. The van der Waals surface area contributed by atoms with Crippen LogP contribution in [-0.4, -0.2) is 58.3 Å². The Morgan fingerprint density at radius 3 is 2.21 bits per heavy atom. The van der Waals surface area contributed by atoms with Gasteiger partial charge in [-0.25, -0.2) is 13.1 Å². The minimum absolute atomic E-state index is 0.00312. The molecule has 47 heavy (non-hydrogen) atoms. The summed E-state index contributed by atoms with van der Waals surface area (Å²) in [6, 6.07) is 27.6. The highest BCUT2D eigenvalue weighted by Gasteiger charge is 2.47. The largest absolute Gasteiger partial charge is 0.489 e. The van der Waals surface area contributed by atoms with Crippen molar-refractivity contribution in [2.75, 3.05) is 26.0 Å². The Hall–Kier alpha value is -3.57. The van der Waals surface area contributed by atoms with Crippen LogP contribution in [0.2, 0.25) is 0 Å². The Morgan fingerprint density at radius 1 is 0.851 bits per heavy atom. The summed E-state index contributed by atoms with van der Waals surface area (Å²) in [6.45, 7) is 0.752. The van der Waals surface area contributed by atoms with Crippen molar-refractivity contribution in [2.24, 2.45) is 5.41 Å². The minimum Gasteiger partial charge on any atom is -0.489 e. The normalized spacial score (nSPS) is 22.9. The molecule has 0 bridgehead atoms. The summed E-state index contributed by atoms with van der Waals surface area (Å²) in [4.78, 5) is 26.1. The van der Waals surface area contributed by atoms with Crippen molar-refractivity contribution in [2.45, 2.75) is 76.2 Å². The van der Waals surface area contributed by atoms with Crippen molar-refractivity contribution in [3.8, 4) is 5.75 Å². The molecule has 2 saturated carbocycles. The predicted octanol–water partition coefficient (Wildman–Crippen LogP) is 5.30. The quantitative estimate of drug-likeness (QED) is 0.214. The third kappa shape index (κ3) is 10.7. The van der Waals surface area contributed by atoms with Gasteiger partial charge in [-0.15, -0.1) is 0 Å². The zero-order valence-corrected chi connectivity index (χ0v) is 27.9. The highest BCUT2D eigenvalue weighted by atomic mass is 32.2. The standard InChI is InChI=1S/C37H46N2O7S/c1-47(42,43)39-32-19-20-37(22-32,36(41)38-23-33(40)26-44-24-28-9-4-2-5-10-28)27-46-34-17-15-30(16-18-34)31-13-8-14-35(21-31)45-25-29-11-6-3-7-12-29/h2-14,21,30,32,34,39H,15-20,22-27H2,1H3,(H,38,41)/t30?,32-,34?,37-/m0/s1. The van der Waals surface area contributed by atoms with Crippen LogP contribution < -0.4 is 14.8 Å². The maximum atomic E-state index is 13.6. The van der Waals surface area contributed by atoms with Gasteiger partial charge in [0.1, 0.15) is 19.0 Å².